The van der Waals surface area contributed by atoms with Crippen LogP contribution in [0.2, 0.25) is 0 Å². The van der Waals surface area contributed by atoms with Crippen LogP contribution in [0.1, 0.15) is 36.8 Å². The van der Waals surface area contributed by atoms with Gasteiger partial charge in [0.15, 0.2) is 23.2 Å². The number of non-ortho nitro benzene ring substituents is 1. The monoisotopic (exact) mass is 746 g/mol. The van der Waals surface area contributed by atoms with Crippen LogP contribution in [-0.2, 0) is 24.5 Å². The van der Waals surface area contributed by atoms with Gasteiger partial charge in [0.25, 0.3) is 16.9 Å². The summed E-state index contributed by atoms with van der Waals surface area (Å²) in [7, 11) is 1.61. The van der Waals surface area contributed by atoms with E-state index in [0.717, 1.165) is 45.8 Å². The van der Waals surface area contributed by atoms with Gasteiger partial charge >= 0.3 is 0 Å². The van der Waals surface area contributed by atoms with Gasteiger partial charge in [0, 0.05) is 6.07 Å². The number of rotatable bonds is 11. The van der Waals surface area contributed by atoms with Gasteiger partial charge < -0.3 is 23.7 Å². The zero-order valence-electron chi connectivity index (χ0n) is 29.8. The molecule has 0 radical (unpaired) electrons. The van der Waals surface area contributed by atoms with Crippen molar-refractivity contribution in [3.63, 3.8) is 0 Å². The number of methoxy groups -OCH3 is 1. The lowest BCUT2D eigenvalue weighted by atomic mass is 9.80. The van der Waals surface area contributed by atoms with Gasteiger partial charge in [0.05, 0.1) is 36.0 Å². The maximum Gasteiger partial charge on any atom is 0.300 e. The predicted molar refractivity (Wildman–Crippen MR) is 196 cm³/mol. The van der Waals surface area contributed by atoms with E-state index in [0.29, 0.717) is 5.75 Å². The topological polar surface area (TPSA) is 185 Å². The molecule has 0 N–H and O–H groups in total. The van der Waals surface area contributed by atoms with E-state index in [1.54, 1.807) is 25.5 Å². The summed E-state index contributed by atoms with van der Waals surface area (Å²) in [5.74, 6) is -0.298. The van der Waals surface area contributed by atoms with Crippen molar-refractivity contribution in [2.75, 3.05) is 13.7 Å². The first-order chi connectivity index (χ1) is 26.5. The van der Waals surface area contributed by atoms with E-state index < -0.39 is 62.7 Å². The van der Waals surface area contributed by atoms with Crippen LogP contribution in [0, 0.1) is 20.2 Å². The molecule has 0 spiro atoms. The van der Waals surface area contributed by atoms with E-state index in [2.05, 4.69) is 9.97 Å². The van der Waals surface area contributed by atoms with Crippen molar-refractivity contribution >= 4 is 22.5 Å². The number of nitrogens with zero attached hydrogens (tertiary/aromatic N) is 6. The highest BCUT2D eigenvalue weighted by Crippen LogP contribution is 2.46. The Morgan fingerprint density at radius 1 is 0.818 bits per heavy atom. The van der Waals surface area contributed by atoms with Crippen LogP contribution in [0.4, 0.5) is 11.4 Å². The quantitative estimate of drug-likeness (QED) is 0.0879. The maximum atomic E-state index is 13.8. The summed E-state index contributed by atoms with van der Waals surface area (Å²) in [6, 6.07) is 30.5. The zero-order valence-corrected chi connectivity index (χ0v) is 29.8. The van der Waals surface area contributed by atoms with E-state index in [-0.39, 0.29) is 23.5 Å². The van der Waals surface area contributed by atoms with Gasteiger partial charge in [-0.15, -0.1) is 0 Å². The average Bonchev–Trinajstić information content (AvgIpc) is 3.87. The molecule has 2 aromatic heterocycles. The molecule has 0 saturated carbocycles. The average molecular weight is 747 g/mol. The second-order valence-electron chi connectivity index (χ2n) is 13.5. The molecule has 16 nitrogen and oxygen atoms in total. The van der Waals surface area contributed by atoms with Gasteiger partial charge in [0.1, 0.15) is 41.7 Å². The summed E-state index contributed by atoms with van der Waals surface area (Å²) < 4.78 is 34.6. The van der Waals surface area contributed by atoms with Crippen LogP contribution in [-0.4, -0.2) is 66.8 Å². The fourth-order valence-corrected chi connectivity index (χ4v) is 7.39. The Hall–Kier alpha value is -6.33. The van der Waals surface area contributed by atoms with E-state index in [1.165, 1.54) is 6.33 Å². The van der Waals surface area contributed by atoms with Crippen molar-refractivity contribution in [2.24, 2.45) is 0 Å². The third-order valence-corrected chi connectivity index (χ3v) is 9.83. The molecule has 4 aromatic carbocycles. The number of nitro groups is 2. The van der Waals surface area contributed by atoms with Crippen molar-refractivity contribution < 1.29 is 33.5 Å². The Labute approximate surface area is 312 Å². The fourth-order valence-electron chi connectivity index (χ4n) is 7.39. The summed E-state index contributed by atoms with van der Waals surface area (Å²) in [6.45, 7) is 3.65. The number of nitro benzene ring substituents is 2. The van der Waals surface area contributed by atoms with E-state index >= 15 is 0 Å². The minimum Gasteiger partial charge on any atom is -0.497 e. The van der Waals surface area contributed by atoms with Crippen molar-refractivity contribution in [2.45, 2.75) is 49.8 Å². The molecule has 280 valence electrons. The molecule has 4 atom stereocenters. The van der Waals surface area contributed by atoms with Crippen LogP contribution in [0.15, 0.2) is 121 Å². The molecular weight excluding hydrogens is 712 g/mol. The van der Waals surface area contributed by atoms with Crippen LogP contribution in [0.3, 0.4) is 0 Å². The SMILES string of the molecule is COc1ccc(C(OC[C@H]2O[C@@H](n3cnc4c(=O)n(-c5ccc([N+](=O)[O-])cc5[N+](=O)[O-])cnc43)[C@@H]3OC(C)(C)O[C@@H]32)(c2ccccc2)c2ccccc2)cc1. The Balaban J connectivity index is 1.17. The lowest BCUT2D eigenvalue weighted by Crippen LogP contribution is -2.39. The van der Waals surface area contributed by atoms with Gasteiger partial charge in [-0.3, -0.25) is 34.2 Å². The number of benzene rings is 4. The van der Waals surface area contributed by atoms with Crippen molar-refractivity contribution in [1.29, 1.82) is 0 Å². The normalized spacial score (nSPS) is 20.3. The first-order valence-electron chi connectivity index (χ1n) is 17.3. The van der Waals surface area contributed by atoms with Crippen molar-refractivity contribution in [3.05, 3.63) is 163 Å². The molecule has 2 aliphatic heterocycles. The highest BCUT2D eigenvalue weighted by Gasteiger charge is 2.57. The van der Waals surface area contributed by atoms with Crippen molar-refractivity contribution in [1.82, 2.24) is 19.1 Å². The third-order valence-electron chi connectivity index (χ3n) is 9.83. The van der Waals surface area contributed by atoms with Crippen LogP contribution in [0.5, 0.6) is 5.75 Å². The molecule has 0 bridgehead atoms. The standard InChI is InChI=1S/C39H34N6O10/c1-38(2)54-33-31(21-52-39(24-10-6-4-7-11-24,25-12-8-5-9-13-25)26-14-17-28(51-3)18-15-26)53-37(34(33)55-38)43-22-40-32-35(43)41-23-42(36(32)46)29-19-16-27(44(47)48)20-30(29)45(49)50/h4-20,22-23,31,33-34,37H,21H2,1-3H3/t31-,33-,34-,37-/m1/s1. The molecule has 16 heteroatoms. The van der Waals surface area contributed by atoms with E-state index in [1.807, 2.05) is 84.9 Å². The molecular formula is C39H34N6O10. The highest BCUT2D eigenvalue weighted by atomic mass is 16.8. The summed E-state index contributed by atoms with van der Waals surface area (Å²) in [5.41, 5.74) is -0.512. The molecule has 6 aromatic rings. The molecule has 2 saturated heterocycles. The molecule has 0 aliphatic carbocycles. The van der Waals surface area contributed by atoms with E-state index in [4.69, 9.17) is 23.7 Å². The smallest absolute Gasteiger partial charge is 0.300 e. The lowest BCUT2D eigenvalue weighted by Gasteiger charge is -2.37. The van der Waals surface area contributed by atoms with E-state index in [9.17, 15) is 25.0 Å². The molecule has 2 aliphatic rings. The number of hydrogen-bond acceptors (Lipinski definition) is 12. The Morgan fingerprint density at radius 3 is 2.07 bits per heavy atom. The molecule has 2 fully saturated rings. The van der Waals surface area contributed by atoms with Crippen LogP contribution in [0.25, 0.3) is 16.9 Å². The van der Waals surface area contributed by atoms with Crippen molar-refractivity contribution in [3.8, 4) is 11.4 Å². The summed E-state index contributed by atoms with van der Waals surface area (Å²) in [4.78, 5) is 44.2. The van der Waals surface area contributed by atoms with Gasteiger partial charge in [0.2, 0.25) is 0 Å². The Bertz CT molecular complexity index is 2410. The number of ether oxygens (including phenoxy) is 5. The minimum absolute atomic E-state index is 0.0452. The fraction of sp³-hybridized carbons (Fsp3) is 0.256. The van der Waals surface area contributed by atoms with Gasteiger partial charge in [-0.1, -0.05) is 72.8 Å². The first-order valence-corrected chi connectivity index (χ1v) is 17.3. The number of hydrogen-bond donors (Lipinski definition) is 0. The second kappa shape index (κ2) is 13.8. The first kappa shape index (κ1) is 35.7. The summed E-state index contributed by atoms with van der Waals surface area (Å²) in [5, 5.41) is 23.2. The molecule has 8 rings (SSSR count). The molecule has 0 amide bonds. The predicted octanol–water partition coefficient (Wildman–Crippen LogP) is 5.83. The Morgan fingerprint density at radius 2 is 1.45 bits per heavy atom. The number of imidazole rings is 1. The van der Waals surface area contributed by atoms with Gasteiger partial charge in [-0.25, -0.2) is 9.97 Å². The number of aromatic nitrogens is 4. The van der Waals surface area contributed by atoms with Gasteiger partial charge in [-0.2, -0.15) is 0 Å². The van der Waals surface area contributed by atoms with Crippen LogP contribution < -0.4 is 10.3 Å². The second-order valence-corrected chi connectivity index (χ2v) is 13.5. The maximum absolute atomic E-state index is 13.8. The zero-order chi connectivity index (χ0) is 38.5. The highest BCUT2D eigenvalue weighted by molar-refractivity contribution is 5.70. The van der Waals surface area contributed by atoms with Crippen LogP contribution >= 0.6 is 0 Å². The third kappa shape index (κ3) is 6.20. The van der Waals surface area contributed by atoms with Gasteiger partial charge in [-0.05, 0) is 48.7 Å². The minimum atomic E-state index is -1.09. The molecule has 55 heavy (non-hydrogen) atoms. The largest absolute Gasteiger partial charge is 0.497 e. The lowest BCUT2D eigenvalue weighted by molar-refractivity contribution is -0.394. The summed E-state index contributed by atoms with van der Waals surface area (Å²) in [6.07, 6.45) is -0.329. The molecule has 0 unspecified atom stereocenters. The number of fused-ring (bicyclic) bond motifs is 2. The summed E-state index contributed by atoms with van der Waals surface area (Å²) >= 11 is 0. The molecule has 4 heterocycles. The Kier molecular flexibility index (Phi) is 8.97.